The van der Waals surface area contributed by atoms with Crippen LogP contribution in [0.1, 0.15) is 69.4 Å². The Balaban J connectivity index is 2.10. The third-order valence-electron chi connectivity index (χ3n) is 5.51. The van der Waals surface area contributed by atoms with Crippen LogP contribution in [0, 0.1) is 13.8 Å². The predicted molar refractivity (Wildman–Crippen MR) is 112 cm³/mol. The van der Waals surface area contributed by atoms with Crippen molar-refractivity contribution in [2.45, 2.75) is 39.5 Å². The van der Waals surface area contributed by atoms with Gasteiger partial charge in [-0.25, -0.2) is 4.79 Å². The van der Waals surface area contributed by atoms with Gasteiger partial charge in [0.25, 0.3) is 0 Å². The summed E-state index contributed by atoms with van der Waals surface area (Å²) in [6.45, 7) is 8.12. The fourth-order valence-electron chi connectivity index (χ4n) is 3.51. The summed E-state index contributed by atoms with van der Waals surface area (Å²) in [6.07, 6.45) is 0. The molecule has 2 unspecified atom stereocenters. The Morgan fingerprint density at radius 1 is 0.750 bits per heavy atom. The molecular weight excluding hydrogens is 348 g/mol. The van der Waals surface area contributed by atoms with Crippen LogP contribution in [0.15, 0.2) is 60.7 Å². The van der Waals surface area contributed by atoms with Crippen molar-refractivity contribution in [3.05, 3.63) is 99.6 Å². The topological polar surface area (TPSA) is 57.5 Å². The Morgan fingerprint density at radius 3 is 1.68 bits per heavy atom. The van der Waals surface area contributed by atoms with Gasteiger partial charge in [0.15, 0.2) is 0 Å². The summed E-state index contributed by atoms with van der Waals surface area (Å²) in [5, 5.41) is 20.3. The number of benzene rings is 3. The fourth-order valence-corrected chi connectivity index (χ4v) is 3.51. The van der Waals surface area contributed by atoms with Crippen LogP contribution >= 0.6 is 0 Å². The second-order valence-electron chi connectivity index (χ2n) is 7.58. The molecule has 0 saturated carbocycles. The van der Waals surface area contributed by atoms with Crippen molar-refractivity contribution in [2.24, 2.45) is 0 Å². The standard InChI is InChI=1S/C25H26O3/c1-15-5-9-19(10-6-15)17(3)21-13-22(24(26)23(14-21)25(27)28)18(4)20-11-7-16(2)8-12-20/h5-14,17-18,26H,1-4H3,(H,27,28). The maximum atomic E-state index is 11.8. The highest BCUT2D eigenvalue weighted by Crippen LogP contribution is 2.37. The summed E-state index contributed by atoms with van der Waals surface area (Å²) in [5.41, 5.74) is 5.96. The van der Waals surface area contributed by atoms with Crippen LogP contribution in [0.4, 0.5) is 0 Å². The van der Waals surface area contributed by atoms with Gasteiger partial charge in [0.1, 0.15) is 11.3 Å². The van der Waals surface area contributed by atoms with Crippen LogP contribution in [0.25, 0.3) is 0 Å². The normalized spacial score (nSPS) is 13.1. The lowest BCUT2D eigenvalue weighted by molar-refractivity contribution is 0.0693. The molecule has 144 valence electrons. The molecule has 0 fully saturated rings. The van der Waals surface area contributed by atoms with Crippen molar-refractivity contribution in [2.75, 3.05) is 0 Å². The molecule has 2 atom stereocenters. The average molecular weight is 374 g/mol. The molecule has 0 aliphatic rings. The van der Waals surface area contributed by atoms with Crippen LogP contribution < -0.4 is 0 Å². The molecule has 0 saturated heterocycles. The molecule has 0 aliphatic heterocycles. The summed E-state index contributed by atoms with van der Waals surface area (Å²) in [4.78, 5) is 11.8. The number of aryl methyl sites for hydroxylation is 2. The van der Waals surface area contributed by atoms with Gasteiger partial charge >= 0.3 is 5.97 Å². The van der Waals surface area contributed by atoms with E-state index < -0.39 is 5.97 Å². The van der Waals surface area contributed by atoms with Crippen molar-refractivity contribution >= 4 is 5.97 Å². The summed E-state index contributed by atoms with van der Waals surface area (Å²) < 4.78 is 0. The van der Waals surface area contributed by atoms with E-state index >= 15 is 0 Å². The van der Waals surface area contributed by atoms with Gasteiger partial charge < -0.3 is 10.2 Å². The largest absolute Gasteiger partial charge is 0.507 e. The minimum atomic E-state index is -1.12. The van der Waals surface area contributed by atoms with Gasteiger partial charge in [-0.3, -0.25) is 0 Å². The van der Waals surface area contributed by atoms with Gasteiger partial charge in [0.05, 0.1) is 0 Å². The fraction of sp³-hybridized carbons (Fsp3) is 0.240. The second kappa shape index (κ2) is 7.89. The monoisotopic (exact) mass is 374 g/mol. The van der Waals surface area contributed by atoms with Crippen LogP contribution in [0.2, 0.25) is 0 Å². The minimum absolute atomic E-state index is 0.0169. The zero-order chi connectivity index (χ0) is 20.4. The third-order valence-corrected chi connectivity index (χ3v) is 5.51. The van der Waals surface area contributed by atoms with Gasteiger partial charge in [0.2, 0.25) is 0 Å². The Hall–Kier alpha value is -3.07. The number of hydrogen-bond donors (Lipinski definition) is 2. The first-order valence-electron chi connectivity index (χ1n) is 9.51. The highest BCUT2D eigenvalue weighted by molar-refractivity contribution is 5.91. The van der Waals surface area contributed by atoms with E-state index in [9.17, 15) is 15.0 Å². The number of hydrogen-bond acceptors (Lipinski definition) is 2. The van der Waals surface area contributed by atoms with E-state index in [4.69, 9.17) is 0 Å². The maximum absolute atomic E-state index is 11.8. The molecule has 28 heavy (non-hydrogen) atoms. The second-order valence-corrected chi connectivity index (χ2v) is 7.58. The van der Waals surface area contributed by atoms with Gasteiger partial charge in [-0.05, 0) is 36.6 Å². The quantitative estimate of drug-likeness (QED) is 0.575. The maximum Gasteiger partial charge on any atom is 0.339 e. The third kappa shape index (κ3) is 3.94. The number of aromatic carboxylic acids is 1. The number of phenols is 1. The minimum Gasteiger partial charge on any atom is -0.507 e. The number of carbonyl (C=O) groups is 1. The highest BCUT2D eigenvalue weighted by Gasteiger charge is 2.22. The van der Waals surface area contributed by atoms with Crippen molar-refractivity contribution in [1.82, 2.24) is 0 Å². The summed E-state index contributed by atoms with van der Waals surface area (Å²) in [6, 6.07) is 19.9. The zero-order valence-corrected chi connectivity index (χ0v) is 16.7. The Kier molecular flexibility index (Phi) is 5.55. The lowest BCUT2D eigenvalue weighted by Gasteiger charge is -2.20. The van der Waals surface area contributed by atoms with Crippen LogP contribution in [0.3, 0.4) is 0 Å². The predicted octanol–water partition coefficient (Wildman–Crippen LogP) is 6.01. The molecule has 3 rings (SSSR count). The first-order chi connectivity index (χ1) is 13.3. The van der Waals surface area contributed by atoms with Crippen LogP contribution in [-0.2, 0) is 0 Å². The molecule has 2 N–H and O–H groups in total. The Bertz CT molecular complexity index is 986. The number of rotatable bonds is 5. The molecule has 0 amide bonds. The van der Waals surface area contributed by atoms with E-state index in [0.717, 1.165) is 22.3 Å². The lowest BCUT2D eigenvalue weighted by Crippen LogP contribution is -2.07. The van der Waals surface area contributed by atoms with Crippen LogP contribution in [0.5, 0.6) is 5.75 Å². The van der Waals surface area contributed by atoms with E-state index in [1.807, 2.05) is 51.1 Å². The SMILES string of the molecule is Cc1ccc(C(C)c2cc(C(=O)O)c(O)c(C(C)c3ccc(C)cc3)c2)cc1. The number of carboxylic acids is 1. The Morgan fingerprint density at radius 2 is 1.21 bits per heavy atom. The lowest BCUT2D eigenvalue weighted by atomic mass is 9.85. The smallest absolute Gasteiger partial charge is 0.339 e. The summed E-state index contributed by atoms with van der Waals surface area (Å²) in [5.74, 6) is -1.37. The molecule has 3 heteroatoms. The summed E-state index contributed by atoms with van der Waals surface area (Å²) in [7, 11) is 0. The molecule has 3 nitrogen and oxygen atoms in total. The molecule has 0 spiro atoms. The highest BCUT2D eigenvalue weighted by atomic mass is 16.4. The van der Waals surface area contributed by atoms with Crippen molar-refractivity contribution < 1.29 is 15.0 Å². The molecule has 0 radical (unpaired) electrons. The first-order valence-corrected chi connectivity index (χ1v) is 9.51. The molecule has 0 aromatic heterocycles. The van der Waals surface area contributed by atoms with Gasteiger partial charge in [-0.1, -0.05) is 79.6 Å². The van der Waals surface area contributed by atoms with Crippen LogP contribution in [-0.4, -0.2) is 16.2 Å². The van der Waals surface area contributed by atoms with E-state index in [0.29, 0.717) is 5.56 Å². The molecule has 3 aromatic rings. The van der Waals surface area contributed by atoms with Crippen molar-refractivity contribution in [1.29, 1.82) is 0 Å². The summed E-state index contributed by atoms with van der Waals surface area (Å²) >= 11 is 0. The Labute approximate surface area is 166 Å². The van der Waals surface area contributed by atoms with Gasteiger partial charge in [-0.2, -0.15) is 0 Å². The molecule has 0 aliphatic carbocycles. The van der Waals surface area contributed by atoms with E-state index in [2.05, 4.69) is 31.2 Å². The molecular formula is C25H26O3. The molecule has 0 heterocycles. The number of carboxylic acid groups (broad SMARTS) is 1. The van der Waals surface area contributed by atoms with Crippen molar-refractivity contribution in [3.8, 4) is 5.75 Å². The zero-order valence-electron chi connectivity index (χ0n) is 16.7. The van der Waals surface area contributed by atoms with Gasteiger partial charge in [-0.15, -0.1) is 0 Å². The first kappa shape index (κ1) is 19.7. The van der Waals surface area contributed by atoms with Gasteiger partial charge in [0, 0.05) is 17.4 Å². The molecule has 3 aromatic carbocycles. The van der Waals surface area contributed by atoms with E-state index in [1.165, 1.54) is 5.56 Å². The average Bonchev–Trinajstić information content (AvgIpc) is 2.68. The van der Waals surface area contributed by atoms with E-state index in [1.54, 1.807) is 6.07 Å². The van der Waals surface area contributed by atoms with E-state index in [-0.39, 0.29) is 23.1 Å². The van der Waals surface area contributed by atoms with Crippen molar-refractivity contribution in [3.63, 3.8) is 0 Å². The number of aromatic hydroxyl groups is 1. The molecule has 0 bridgehead atoms.